The van der Waals surface area contributed by atoms with Crippen molar-refractivity contribution in [1.29, 1.82) is 0 Å². The van der Waals surface area contributed by atoms with Gasteiger partial charge in [-0.2, -0.15) is 52.7 Å². The molecule has 2 aromatic carbocycles. The van der Waals surface area contributed by atoms with Crippen LogP contribution in [-0.4, -0.2) is 124 Å². The fourth-order valence-electron chi connectivity index (χ4n) is 19.2. The SMILES string of the molecule is C.C.C=C1/C(=C\C=C2/CCC[C@@]3(C)C2CC[C@@H]3C(C)(CC#CC(O)(C(F)(F)F)C(F)(F)F)CCCC(C)(C)O)C[C@@H](O)C[C@@H]1F.C=C1/C(=C\CP(=O)(c2ccccc2)c2ccccc2)C[C@@H](O[Si](C)(C)C(C)(C)C)C[C@@H]1F.CC(C)(CCCC(C)(CC#CC(O[Si](C)(C)C)(C(F)(F)F)C(F)(F)F)[C@H]1CCC2C(=O)CCC[C@@]21C)O[Si](C)(C)C. The van der Waals surface area contributed by atoms with Gasteiger partial charge in [-0.3, -0.25) is 4.79 Å². The normalized spacial score (nSPS) is 26.8. The summed E-state index contributed by atoms with van der Waals surface area (Å²) in [5.74, 6) is 7.31. The zero-order chi connectivity index (χ0) is 88.1. The van der Waals surface area contributed by atoms with Gasteiger partial charge in [0.05, 0.1) is 23.4 Å². The molecule has 0 bridgehead atoms. The van der Waals surface area contributed by atoms with Crippen LogP contribution in [-0.2, 0) is 22.6 Å². The second-order valence-corrected chi connectivity index (χ2v) is 56.2. The molecule has 0 aromatic heterocycles. The fourth-order valence-corrected chi connectivity index (χ4v) is 26.0. The van der Waals surface area contributed by atoms with E-state index in [1.165, 1.54) is 19.6 Å². The molecule has 0 heterocycles. The molecule has 8 rings (SSSR count). The summed E-state index contributed by atoms with van der Waals surface area (Å²) in [6.45, 7) is 44.3. The summed E-state index contributed by atoms with van der Waals surface area (Å²) in [5.41, 5.74) is -9.68. The average molecular weight is 1750 g/mol. The number of ketones is 1. The lowest BCUT2D eigenvalue weighted by molar-refractivity contribution is -0.343. The highest BCUT2D eigenvalue weighted by atomic mass is 31.2. The van der Waals surface area contributed by atoms with E-state index in [1.807, 2.05) is 107 Å². The number of carbonyl (C=O) groups excluding carboxylic acids is 1. The second kappa shape index (κ2) is 39.4. The highest BCUT2D eigenvalue weighted by Gasteiger charge is 2.74. The molecule has 8 nitrogen and oxygen atoms in total. The van der Waals surface area contributed by atoms with Gasteiger partial charge in [0.1, 0.15) is 25.3 Å². The first-order valence-electron chi connectivity index (χ1n) is 41.1. The molecule has 670 valence electrons. The molecule has 4 unspecified atom stereocenters. The standard InChI is InChI=1S/C33H45F7O3.C30H50F6O3Si2.C27H36FO2PSi.2CH4/c1-21-23(19-24(41)20-26(21)34)11-10-22-9-6-17-30(5)25(22)12-13-27(30)29(4,15-7-14-28(2,3)42)16-8-18-31(43,32(35,36)37)33(38,39)40;1-25(2,38-40(5,6)7)17-12-18-26(3,24-16-15-22-23(37)14-11-20-27(22,24)4)19-13-21-28(29(31,32)33,30(34,35)36)39-41(8,9)10;1-21-22(19-23(20-26(21)28)30-32(5,6)27(2,3)4)17-18-31(29,24-13-9-7-10-14-24)25-15-11-8-12-16-25;;/h10-11,24-27,41-43H,1,6-7,9,12-17,19-20H2,2-5H3;22,24H,11-12,14-20H2,1-10H3;7-17,23,26H,1,18-20H2,2-6H3;2*1H4/b22-10+,23-11-;;22-17-;;/t24-,25?,26+,27-,29?,30+;22?,24-,26?,27+;23-,26+;;/m111../s1. The third-order valence-electron chi connectivity index (χ3n) is 25.9. The van der Waals surface area contributed by atoms with Crippen LogP contribution in [0.15, 0.2) is 120 Å². The van der Waals surface area contributed by atoms with Crippen LogP contribution < -0.4 is 10.6 Å². The molecule has 0 radical (unpaired) electrons. The summed E-state index contributed by atoms with van der Waals surface area (Å²) in [4.78, 5) is 12.8. The molecule has 6 fully saturated rings. The first kappa shape index (κ1) is 106. The summed E-state index contributed by atoms with van der Waals surface area (Å²) in [5, 5.41) is 31.6. The number of Topliss-reactive ketones (excluding diaryl/α,β-unsaturated/α-hetero) is 1. The maximum absolute atomic E-state index is 14.9. The molecule has 118 heavy (non-hydrogen) atoms. The molecule has 0 spiro atoms. The van der Waals surface area contributed by atoms with Gasteiger partial charge in [-0.1, -0.05) is 186 Å². The molecule has 6 saturated carbocycles. The summed E-state index contributed by atoms with van der Waals surface area (Å²) in [6.07, 6.45) is -9.30. The molecule has 2 aromatic rings. The maximum Gasteiger partial charge on any atom is 0.438 e. The summed E-state index contributed by atoms with van der Waals surface area (Å²) in [7, 11) is -10.1. The summed E-state index contributed by atoms with van der Waals surface area (Å²) < 4.78 is 226. The Bertz CT molecular complexity index is 3900. The highest BCUT2D eigenvalue weighted by molar-refractivity contribution is 7.78. The van der Waals surface area contributed by atoms with Gasteiger partial charge in [-0.05, 0) is 255 Å². The van der Waals surface area contributed by atoms with Crippen LogP contribution in [0.5, 0.6) is 0 Å². The number of hydrogen-bond donors (Lipinski definition) is 3. The lowest BCUT2D eigenvalue weighted by Gasteiger charge is -2.49. The van der Waals surface area contributed by atoms with Crippen molar-refractivity contribution in [2.45, 2.75) is 361 Å². The monoisotopic (exact) mass is 1750 g/mol. The van der Waals surface area contributed by atoms with Crippen LogP contribution in [0.2, 0.25) is 57.4 Å². The molecule has 12 atom stereocenters. The van der Waals surface area contributed by atoms with E-state index < -0.39 is 108 Å². The minimum atomic E-state index is -6.01. The van der Waals surface area contributed by atoms with Gasteiger partial charge in [0, 0.05) is 54.8 Å². The Morgan fingerprint density at radius 3 is 1.47 bits per heavy atom. The number of aliphatic hydroxyl groups excluding tert-OH is 1. The van der Waals surface area contributed by atoms with E-state index in [0.717, 1.165) is 66.2 Å². The van der Waals surface area contributed by atoms with Crippen LogP contribution in [0.3, 0.4) is 0 Å². The van der Waals surface area contributed by atoms with Gasteiger partial charge in [-0.25, -0.2) is 8.78 Å². The quantitative estimate of drug-likeness (QED) is 0.0435. The number of fused-ring (bicyclic) bond motifs is 2. The average Bonchev–Trinajstić information content (AvgIpc) is 1.51. The van der Waals surface area contributed by atoms with Gasteiger partial charge in [0.2, 0.25) is 0 Å². The molecule has 0 amide bonds. The molecule has 6 aliphatic rings. The topological polar surface area (TPSA) is 123 Å². The largest absolute Gasteiger partial charge is 0.438 e. The third-order valence-corrected chi connectivity index (χ3v) is 35.5. The summed E-state index contributed by atoms with van der Waals surface area (Å²) >= 11 is 0. The van der Waals surface area contributed by atoms with Crippen molar-refractivity contribution in [3.05, 3.63) is 120 Å². The lowest BCUT2D eigenvalue weighted by Crippen LogP contribution is -2.61. The predicted molar refractivity (Wildman–Crippen MR) is 458 cm³/mol. The minimum Gasteiger partial charge on any atom is -0.413 e. The van der Waals surface area contributed by atoms with Gasteiger partial charge in [0.15, 0.2) is 25.0 Å². The molecule has 0 aliphatic heterocycles. The van der Waals surface area contributed by atoms with Crippen molar-refractivity contribution < 1.29 is 99.4 Å². The van der Waals surface area contributed by atoms with Gasteiger partial charge in [0.25, 0.3) is 0 Å². The van der Waals surface area contributed by atoms with Crippen molar-refractivity contribution in [2.75, 3.05) is 6.16 Å². The molecule has 3 N–H and O–H groups in total. The number of benzene rings is 2. The fraction of sp³-hybridized carbons (Fsp3) is 0.707. The number of alkyl halides is 14. The van der Waals surface area contributed by atoms with Crippen molar-refractivity contribution in [2.24, 2.45) is 45.3 Å². The zero-order valence-corrected chi connectivity index (χ0v) is 75.8. The Labute approximate surface area is 700 Å². The number of halogens is 14. The van der Waals surface area contributed by atoms with Crippen LogP contribution in [0, 0.1) is 69.0 Å². The molecular formula is C92H139F14O8PSi3. The lowest BCUT2D eigenvalue weighted by atomic mass is 9.55. The first-order valence-corrected chi connectivity index (χ1v) is 52.7. The number of carbonyl (C=O) groups is 1. The van der Waals surface area contributed by atoms with E-state index in [9.17, 15) is 86.1 Å². The van der Waals surface area contributed by atoms with Crippen LogP contribution in [0.1, 0.15) is 232 Å². The molecule has 26 heteroatoms. The van der Waals surface area contributed by atoms with Crippen molar-refractivity contribution in [3.8, 4) is 23.7 Å². The number of allylic oxidation sites excluding steroid dienone is 6. The minimum absolute atomic E-state index is 0. The van der Waals surface area contributed by atoms with Gasteiger partial charge in [-0.15, -0.1) is 0 Å². The molecule has 6 aliphatic carbocycles. The van der Waals surface area contributed by atoms with Crippen molar-refractivity contribution in [3.63, 3.8) is 0 Å². The Hall–Kier alpha value is -4.41. The Kier molecular flexibility index (Phi) is 35.4. The van der Waals surface area contributed by atoms with Crippen molar-refractivity contribution >= 4 is 48.5 Å². The summed E-state index contributed by atoms with van der Waals surface area (Å²) in [6, 6.07) is 19.2. The number of rotatable bonds is 23. The van der Waals surface area contributed by atoms with E-state index in [4.69, 9.17) is 13.3 Å². The predicted octanol–water partition coefficient (Wildman–Crippen LogP) is 26.3. The number of hydrogen-bond acceptors (Lipinski definition) is 8. The molecule has 0 saturated heterocycles. The Morgan fingerprint density at radius 2 is 1.01 bits per heavy atom. The smallest absolute Gasteiger partial charge is 0.413 e. The van der Waals surface area contributed by atoms with Crippen LogP contribution in [0.25, 0.3) is 0 Å². The third kappa shape index (κ3) is 26.1. The van der Waals surface area contributed by atoms with Gasteiger partial charge < -0.3 is 33.2 Å². The van der Waals surface area contributed by atoms with Crippen LogP contribution >= 0.6 is 7.14 Å². The Balaban J connectivity index is 0.000000373. The van der Waals surface area contributed by atoms with E-state index >= 15 is 0 Å². The molecular weight excluding hydrogens is 1610 g/mol. The van der Waals surface area contributed by atoms with Crippen molar-refractivity contribution in [1.82, 2.24) is 0 Å². The van der Waals surface area contributed by atoms with E-state index in [2.05, 4.69) is 92.4 Å². The van der Waals surface area contributed by atoms with Gasteiger partial charge >= 0.3 is 35.9 Å². The Morgan fingerprint density at radius 1 is 0.568 bits per heavy atom. The van der Waals surface area contributed by atoms with Crippen LogP contribution in [0.4, 0.5) is 61.5 Å². The highest BCUT2D eigenvalue weighted by Crippen LogP contribution is 2.65. The zero-order valence-electron chi connectivity index (χ0n) is 71.9. The maximum atomic E-state index is 14.9. The van der Waals surface area contributed by atoms with E-state index in [0.29, 0.717) is 106 Å². The van der Waals surface area contributed by atoms with E-state index in [-0.39, 0.29) is 85.5 Å². The number of aliphatic hydroxyl groups is 3. The van der Waals surface area contributed by atoms with E-state index in [1.54, 1.807) is 19.8 Å². The second-order valence-electron chi connectivity index (χ2n) is 39.7. The first-order chi connectivity index (χ1) is 52.7.